The molecule has 5 rings (SSSR count). The average Bonchev–Trinajstić information content (AvgIpc) is 3.20. The van der Waals surface area contributed by atoms with E-state index in [1.165, 1.54) is 0 Å². The molecular formula is C21H28N4O3. The highest BCUT2D eigenvalue weighted by Crippen LogP contribution is 2.37. The molecule has 150 valence electrons. The topological polar surface area (TPSA) is 84.4 Å². The summed E-state index contributed by atoms with van der Waals surface area (Å²) in [4.78, 5) is 5.05. The van der Waals surface area contributed by atoms with Gasteiger partial charge < -0.3 is 19.9 Å². The Kier molecular flexibility index (Phi) is 4.94. The molecule has 1 aromatic heterocycles. The van der Waals surface area contributed by atoms with E-state index in [0.29, 0.717) is 31.1 Å². The van der Waals surface area contributed by atoms with E-state index in [9.17, 15) is 0 Å². The molecule has 1 saturated heterocycles. The van der Waals surface area contributed by atoms with Gasteiger partial charge in [-0.05, 0) is 50.7 Å². The Labute approximate surface area is 165 Å². The Morgan fingerprint density at radius 2 is 1.61 bits per heavy atom. The third kappa shape index (κ3) is 3.49. The second kappa shape index (κ2) is 7.72. The largest absolute Gasteiger partial charge is 0.486 e. The maximum absolute atomic E-state index is 6.14. The molecule has 3 aliphatic rings. The summed E-state index contributed by atoms with van der Waals surface area (Å²) < 4.78 is 19.0. The van der Waals surface area contributed by atoms with Crippen molar-refractivity contribution in [2.75, 3.05) is 26.4 Å². The molecule has 0 unspecified atom stereocenters. The molecule has 2 aliphatic heterocycles. The predicted octanol–water partition coefficient (Wildman–Crippen LogP) is 2.92. The highest BCUT2D eigenvalue weighted by Gasteiger charge is 2.29. The average molecular weight is 384 g/mol. The van der Waals surface area contributed by atoms with E-state index in [-0.39, 0.29) is 0 Å². The number of nitrogens with two attached hydrogens (primary N) is 1. The Hall–Kier alpha value is -2.12. The Bertz CT molecular complexity index is 823. The zero-order valence-electron chi connectivity index (χ0n) is 16.2. The van der Waals surface area contributed by atoms with E-state index in [0.717, 1.165) is 80.6 Å². The molecule has 0 amide bonds. The Balaban J connectivity index is 1.52. The third-order valence-corrected chi connectivity index (χ3v) is 6.14. The highest BCUT2D eigenvalue weighted by atomic mass is 16.6. The summed E-state index contributed by atoms with van der Waals surface area (Å²) in [5, 5.41) is 4.97. The van der Waals surface area contributed by atoms with Crippen molar-refractivity contribution in [3.63, 3.8) is 0 Å². The van der Waals surface area contributed by atoms with Gasteiger partial charge in [0.25, 0.3) is 0 Å². The van der Waals surface area contributed by atoms with Crippen LogP contribution in [0.25, 0.3) is 5.69 Å². The Morgan fingerprint density at radius 3 is 2.39 bits per heavy atom. The molecule has 28 heavy (non-hydrogen) atoms. The number of aromatic nitrogens is 3. The maximum Gasteiger partial charge on any atom is 0.163 e. The second-order valence-corrected chi connectivity index (χ2v) is 8.07. The van der Waals surface area contributed by atoms with Crippen molar-refractivity contribution in [2.24, 2.45) is 5.73 Å². The van der Waals surface area contributed by atoms with E-state index < -0.39 is 0 Å². The molecule has 0 bridgehead atoms. The van der Waals surface area contributed by atoms with Crippen molar-refractivity contribution in [3.05, 3.63) is 29.8 Å². The highest BCUT2D eigenvalue weighted by molar-refractivity contribution is 5.49. The summed E-state index contributed by atoms with van der Waals surface area (Å²) in [6, 6.07) is 6.36. The van der Waals surface area contributed by atoms with Crippen LogP contribution in [0.3, 0.4) is 0 Å². The smallest absolute Gasteiger partial charge is 0.163 e. The number of hydrogen-bond donors (Lipinski definition) is 1. The van der Waals surface area contributed by atoms with Gasteiger partial charge in [-0.2, -0.15) is 5.10 Å². The van der Waals surface area contributed by atoms with Gasteiger partial charge in [0.15, 0.2) is 17.3 Å². The minimum absolute atomic E-state index is 0.317. The number of rotatable bonds is 3. The molecule has 2 fully saturated rings. The standard InChI is InChI=1S/C21H28N4O3/c22-16-3-1-15(2-4-16)21-23-20(14-7-9-26-10-8-14)24-25(21)17-5-6-18-19(13-17)28-12-11-27-18/h5-6,13-16H,1-4,7-12,22H2. The number of ether oxygens (including phenoxy) is 3. The van der Waals surface area contributed by atoms with Crippen LogP contribution in [-0.4, -0.2) is 47.2 Å². The zero-order chi connectivity index (χ0) is 18.9. The van der Waals surface area contributed by atoms with E-state index in [1.807, 2.05) is 22.9 Å². The predicted molar refractivity (Wildman–Crippen MR) is 104 cm³/mol. The lowest BCUT2D eigenvalue weighted by atomic mass is 9.86. The van der Waals surface area contributed by atoms with Crippen LogP contribution < -0.4 is 15.2 Å². The van der Waals surface area contributed by atoms with Gasteiger partial charge >= 0.3 is 0 Å². The molecule has 0 spiro atoms. The molecule has 2 aromatic rings. The van der Waals surface area contributed by atoms with E-state index in [2.05, 4.69) is 0 Å². The lowest BCUT2D eigenvalue weighted by Gasteiger charge is -2.26. The van der Waals surface area contributed by atoms with Crippen molar-refractivity contribution in [1.29, 1.82) is 0 Å². The summed E-state index contributed by atoms with van der Waals surface area (Å²) in [6.07, 6.45) is 6.20. The fourth-order valence-electron chi connectivity index (χ4n) is 4.46. The van der Waals surface area contributed by atoms with Crippen molar-refractivity contribution in [3.8, 4) is 17.2 Å². The van der Waals surface area contributed by atoms with Crippen LogP contribution in [-0.2, 0) is 4.74 Å². The molecule has 3 heterocycles. The summed E-state index contributed by atoms with van der Waals surface area (Å²) in [5.41, 5.74) is 7.12. The first-order chi connectivity index (χ1) is 13.8. The molecule has 0 atom stereocenters. The quantitative estimate of drug-likeness (QED) is 0.876. The first-order valence-corrected chi connectivity index (χ1v) is 10.5. The van der Waals surface area contributed by atoms with Gasteiger partial charge in [0.05, 0.1) is 5.69 Å². The molecule has 7 heteroatoms. The van der Waals surface area contributed by atoms with Crippen LogP contribution in [0.15, 0.2) is 18.2 Å². The third-order valence-electron chi connectivity index (χ3n) is 6.14. The summed E-state index contributed by atoms with van der Waals surface area (Å²) >= 11 is 0. The SMILES string of the molecule is NC1CCC(c2nc(C3CCOCC3)nn2-c2ccc3c(c2)OCCO3)CC1. The van der Waals surface area contributed by atoms with Crippen molar-refractivity contribution < 1.29 is 14.2 Å². The minimum atomic E-state index is 0.317. The van der Waals surface area contributed by atoms with Gasteiger partial charge in [-0.25, -0.2) is 9.67 Å². The summed E-state index contributed by atoms with van der Waals surface area (Å²) in [6.45, 7) is 2.75. The fraction of sp³-hybridized carbons (Fsp3) is 0.619. The van der Waals surface area contributed by atoms with E-state index in [1.54, 1.807) is 0 Å². The van der Waals surface area contributed by atoms with Crippen molar-refractivity contribution >= 4 is 0 Å². The van der Waals surface area contributed by atoms with Crippen LogP contribution in [0.1, 0.15) is 62.0 Å². The minimum Gasteiger partial charge on any atom is -0.486 e. The molecule has 2 N–H and O–H groups in total. The molecule has 1 aromatic carbocycles. The number of hydrogen-bond acceptors (Lipinski definition) is 6. The fourth-order valence-corrected chi connectivity index (χ4v) is 4.46. The van der Waals surface area contributed by atoms with Gasteiger partial charge in [0.1, 0.15) is 19.0 Å². The number of benzene rings is 1. The number of nitrogens with zero attached hydrogens (tertiary/aromatic N) is 3. The van der Waals surface area contributed by atoms with Gasteiger partial charge in [-0.3, -0.25) is 0 Å². The van der Waals surface area contributed by atoms with Crippen molar-refractivity contribution in [2.45, 2.75) is 56.4 Å². The normalized spacial score (nSPS) is 25.6. The summed E-state index contributed by atoms with van der Waals surface area (Å²) in [7, 11) is 0. The lowest BCUT2D eigenvalue weighted by molar-refractivity contribution is 0.0836. The van der Waals surface area contributed by atoms with Gasteiger partial charge in [0, 0.05) is 37.2 Å². The van der Waals surface area contributed by atoms with E-state index in [4.69, 9.17) is 30.0 Å². The maximum atomic E-state index is 6.14. The van der Waals surface area contributed by atoms with Crippen LogP contribution in [0, 0.1) is 0 Å². The molecule has 1 saturated carbocycles. The second-order valence-electron chi connectivity index (χ2n) is 8.07. The van der Waals surface area contributed by atoms with Gasteiger partial charge in [0.2, 0.25) is 0 Å². The Morgan fingerprint density at radius 1 is 0.857 bits per heavy atom. The van der Waals surface area contributed by atoms with Gasteiger partial charge in [-0.15, -0.1) is 0 Å². The first-order valence-electron chi connectivity index (χ1n) is 10.5. The molecule has 1 aliphatic carbocycles. The van der Waals surface area contributed by atoms with Crippen LogP contribution in [0.5, 0.6) is 11.5 Å². The molecular weight excluding hydrogens is 356 g/mol. The monoisotopic (exact) mass is 384 g/mol. The van der Waals surface area contributed by atoms with Crippen molar-refractivity contribution in [1.82, 2.24) is 14.8 Å². The number of fused-ring (bicyclic) bond motifs is 1. The van der Waals surface area contributed by atoms with Crippen LogP contribution in [0.4, 0.5) is 0 Å². The van der Waals surface area contributed by atoms with Crippen LogP contribution in [0.2, 0.25) is 0 Å². The van der Waals surface area contributed by atoms with Crippen LogP contribution >= 0.6 is 0 Å². The lowest BCUT2D eigenvalue weighted by Crippen LogP contribution is -2.26. The molecule has 7 nitrogen and oxygen atoms in total. The molecule has 0 radical (unpaired) electrons. The summed E-state index contributed by atoms with van der Waals surface area (Å²) in [5.74, 6) is 4.35. The van der Waals surface area contributed by atoms with E-state index >= 15 is 0 Å². The zero-order valence-corrected chi connectivity index (χ0v) is 16.2. The first kappa shape index (κ1) is 17.9. The van der Waals surface area contributed by atoms with Gasteiger partial charge in [-0.1, -0.05) is 0 Å².